The molecule has 0 spiro atoms. The quantitative estimate of drug-likeness (QED) is 0.649. The number of anilines is 2. The van der Waals surface area contributed by atoms with Crippen molar-refractivity contribution >= 4 is 11.8 Å². The third-order valence-electron chi connectivity index (χ3n) is 3.79. The summed E-state index contributed by atoms with van der Waals surface area (Å²) in [5, 5.41) is 8.58. The fraction of sp³-hybridized carbons (Fsp3) is 0.538. The Morgan fingerprint density at radius 3 is 2.76 bits per heavy atom. The van der Waals surface area contributed by atoms with Crippen LogP contribution in [0.2, 0.25) is 0 Å². The lowest BCUT2D eigenvalue weighted by Crippen LogP contribution is -2.40. The number of nitrogens with two attached hydrogens (primary N) is 1. The molecule has 2 aromatic heterocycles. The minimum atomic E-state index is 0.138. The van der Waals surface area contributed by atoms with E-state index in [1.165, 1.54) is 0 Å². The summed E-state index contributed by atoms with van der Waals surface area (Å²) in [6.45, 7) is 8.36. The molecule has 1 atom stereocenters. The van der Waals surface area contributed by atoms with Gasteiger partial charge in [-0.2, -0.15) is 4.98 Å². The Hall–Kier alpha value is -2.22. The van der Waals surface area contributed by atoms with Crippen LogP contribution < -0.4 is 16.2 Å². The van der Waals surface area contributed by atoms with Crippen molar-refractivity contribution in [2.24, 2.45) is 5.84 Å². The molecule has 3 heterocycles. The first kappa shape index (κ1) is 13.7. The number of hydrogen-bond donors (Lipinski definition) is 2. The fourth-order valence-electron chi connectivity index (χ4n) is 2.93. The van der Waals surface area contributed by atoms with Crippen LogP contribution >= 0.6 is 0 Å². The van der Waals surface area contributed by atoms with Crippen LogP contribution in [0, 0.1) is 6.92 Å². The highest BCUT2D eigenvalue weighted by Gasteiger charge is 2.35. The second kappa shape index (κ2) is 4.96. The second-order valence-corrected chi connectivity index (χ2v) is 5.41. The smallest absolute Gasteiger partial charge is 0.239 e. The second-order valence-electron chi connectivity index (χ2n) is 5.41. The van der Waals surface area contributed by atoms with Crippen molar-refractivity contribution in [1.29, 1.82) is 0 Å². The van der Waals surface area contributed by atoms with Gasteiger partial charge in [0, 0.05) is 6.04 Å². The summed E-state index contributed by atoms with van der Waals surface area (Å²) in [7, 11) is 0. The van der Waals surface area contributed by atoms with Gasteiger partial charge < -0.3 is 4.90 Å². The third-order valence-corrected chi connectivity index (χ3v) is 3.79. The fourth-order valence-corrected chi connectivity index (χ4v) is 2.93. The molecule has 2 aromatic rings. The molecule has 8 nitrogen and oxygen atoms in total. The van der Waals surface area contributed by atoms with E-state index in [1.807, 2.05) is 11.5 Å². The van der Waals surface area contributed by atoms with Crippen LogP contribution in [0.15, 0.2) is 6.20 Å². The van der Waals surface area contributed by atoms with Gasteiger partial charge in [0.25, 0.3) is 0 Å². The van der Waals surface area contributed by atoms with E-state index >= 15 is 0 Å². The van der Waals surface area contributed by atoms with E-state index in [0.29, 0.717) is 5.95 Å². The molecule has 0 aromatic carbocycles. The number of aromatic nitrogens is 5. The normalized spacial score (nSPS) is 16.9. The number of aryl methyl sites for hydroxylation is 1. The van der Waals surface area contributed by atoms with E-state index in [4.69, 9.17) is 5.84 Å². The van der Waals surface area contributed by atoms with Gasteiger partial charge in [-0.05, 0) is 27.2 Å². The molecule has 1 aliphatic heterocycles. The molecule has 21 heavy (non-hydrogen) atoms. The molecule has 0 amide bonds. The Kier molecular flexibility index (Phi) is 3.25. The Morgan fingerprint density at radius 1 is 1.38 bits per heavy atom. The molecule has 0 saturated heterocycles. The van der Waals surface area contributed by atoms with Crippen molar-refractivity contribution in [3.8, 4) is 5.69 Å². The monoisotopic (exact) mass is 288 g/mol. The zero-order chi connectivity index (χ0) is 15.1. The summed E-state index contributed by atoms with van der Waals surface area (Å²) < 4.78 is 2.03. The Balaban J connectivity index is 2.28. The molecule has 0 unspecified atom stereocenters. The summed E-state index contributed by atoms with van der Waals surface area (Å²) in [4.78, 5) is 11.0. The number of nitrogen functional groups attached to an aromatic ring is 1. The maximum atomic E-state index is 5.45. The molecule has 3 N–H and O–H groups in total. The zero-order valence-electron chi connectivity index (χ0n) is 12.7. The number of hydrazine groups is 1. The predicted octanol–water partition coefficient (Wildman–Crippen LogP) is 1.33. The van der Waals surface area contributed by atoms with Crippen molar-refractivity contribution in [2.75, 3.05) is 10.3 Å². The Labute approximate surface area is 123 Å². The molecule has 1 aliphatic rings. The van der Waals surface area contributed by atoms with Crippen LogP contribution in [0.3, 0.4) is 0 Å². The predicted molar refractivity (Wildman–Crippen MR) is 80.1 cm³/mol. The van der Waals surface area contributed by atoms with Crippen molar-refractivity contribution in [3.63, 3.8) is 0 Å². The van der Waals surface area contributed by atoms with E-state index in [2.05, 4.69) is 51.3 Å². The van der Waals surface area contributed by atoms with Crippen LogP contribution in [-0.2, 0) is 0 Å². The number of nitrogens with one attached hydrogen (secondary N) is 1. The molecule has 3 rings (SSSR count). The maximum absolute atomic E-state index is 5.45. The minimum Gasteiger partial charge on any atom is -0.342 e. The molecule has 0 saturated carbocycles. The van der Waals surface area contributed by atoms with Crippen molar-refractivity contribution in [1.82, 2.24) is 24.7 Å². The van der Waals surface area contributed by atoms with Crippen molar-refractivity contribution < 1.29 is 0 Å². The van der Waals surface area contributed by atoms with E-state index in [0.717, 1.165) is 29.6 Å². The summed E-state index contributed by atoms with van der Waals surface area (Å²) in [5.41, 5.74) is 3.41. The van der Waals surface area contributed by atoms with Crippen molar-refractivity contribution in [3.05, 3.63) is 17.8 Å². The topological polar surface area (TPSA) is 97.8 Å². The lowest BCUT2D eigenvalue weighted by atomic mass is 10.1. The summed E-state index contributed by atoms with van der Waals surface area (Å²) in [5.74, 6) is 8.49. The van der Waals surface area contributed by atoms with Crippen LogP contribution in [0.1, 0.15) is 44.9 Å². The molecule has 0 radical (unpaired) electrons. The van der Waals surface area contributed by atoms with Gasteiger partial charge in [-0.1, -0.05) is 6.92 Å². The van der Waals surface area contributed by atoms with Gasteiger partial charge in [-0.3, -0.25) is 9.99 Å². The average molecular weight is 288 g/mol. The van der Waals surface area contributed by atoms with Crippen LogP contribution in [0.25, 0.3) is 5.69 Å². The largest absolute Gasteiger partial charge is 0.342 e. The standard InChI is InChI=1S/C13H20N8/c1-5-9-12-19-18-8(4)21(12)10-6-15-13(17-14)16-11(10)20(9)7(2)3/h6-7,9H,5,14H2,1-4H3,(H,15,16,17)/t9-/m1/s1. The molecule has 0 fully saturated rings. The van der Waals surface area contributed by atoms with Crippen LogP contribution in [0.5, 0.6) is 0 Å². The first-order chi connectivity index (χ1) is 10.1. The number of rotatable bonds is 3. The van der Waals surface area contributed by atoms with Crippen LogP contribution in [-0.4, -0.2) is 30.8 Å². The van der Waals surface area contributed by atoms with E-state index in [9.17, 15) is 0 Å². The van der Waals surface area contributed by atoms with Gasteiger partial charge in [0.1, 0.15) is 11.5 Å². The van der Waals surface area contributed by atoms with E-state index < -0.39 is 0 Å². The van der Waals surface area contributed by atoms with Gasteiger partial charge in [-0.15, -0.1) is 10.2 Å². The molecular weight excluding hydrogens is 268 g/mol. The van der Waals surface area contributed by atoms with E-state index in [1.54, 1.807) is 6.20 Å². The van der Waals surface area contributed by atoms with Gasteiger partial charge in [-0.25, -0.2) is 10.8 Å². The average Bonchev–Trinajstić information content (AvgIpc) is 2.87. The number of nitrogens with zero attached hydrogens (tertiary/aromatic N) is 6. The molecule has 8 heteroatoms. The van der Waals surface area contributed by atoms with Gasteiger partial charge in [0.2, 0.25) is 5.95 Å². The molecular formula is C13H20N8. The highest BCUT2D eigenvalue weighted by molar-refractivity contribution is 5.63. The van der Waals surface area contributed by atoms with Gasteiger partial charge in [0.15, 0.2) is 11.6 Å². The highest BCUT2D eigenvalue weighted by atomic mass is 15.4. The lowest BCUT2D eigenvalue weighted by Gasteiger charge is -2.39. The van der Waals surface area contributed by atoms with Crippen molar-refractivity contribution in [2.45, 2.75) is 46.2 Å². The van der Waals surface area contributed by atoms with E-state index in [-0.39, 0.29) is 12.1 Å². The Morgan fingerprint density at radius 2 is 2.14 bits per heavy atom. The minimum absolute atomic E-state index is 0.138. The number of hydrogen-bond acceptors (Lipinski definition) is 7. The number of fused-ring (bicyclic) bond motifs is 3. The zero-order valence-corrected chi connectivity index (χ0v) is 12.7. The first-order valence-electron chi connectivity index (χ1n) is 7.12. The SMILES string of the molecule is CC[C@@H]1c2nnc(C)n2-c2cnc(NN)nc2N1C(C)C. The summed E-state index contributed by atoms with van der Waals surface area (Å²) in [6.07, 6.45) is 2.68. The van der Waals surface area contributed by atoms with Gasteiger partial charge in [0.05, 0.1) is 12.2 Å². The van der Waals surface area contributed by atoms with Crippen LogP contribution in [0.4, 0.5) is 11.8 Å². The summed E-state index contributed by atoms with van der Waals surface area (Å²) in [6, 6.07) is 0.416. The van der Waals surface area contributed by atoms with Gasteiger partial charge >= 0.3 is 0 Å². The molecule has 0 bridgehead atoms. The maximum Gasteiger partial charge on any atom is 0.239 e. The summed E-state index contributed by atoms with van der Waals surface area (Å²) >= 11 is 0. The Bertz CT molecular complexity index is 662. The lowest BCUT2D eigenvalue weighted by molar-refractivity contribution is 0.496. The molecule has 112 valence electrons. The first-order valence-corrected chi connectivity index (χ1v) is 7.12. The highest BCUT2D eigenvalue weighted by Crippen LogP contribution is 2.39. The third kappa shape index (κ3) is 1.94. The molecule has 0 aliphatic carbocycles.